The van der Waals surface area contributed by atoms with Gasteiger partial charge in [-0.2, -0.15) is 9.78 Å². The summed E-state index contributed by atoms with van der Waals surface area (Å²) in [7, 11) is 0. The second-order valence-corrected chi connectivity index (χ2v) is 7.04. The van der Waals surface area contributed by atoms with Gasteiger partial charge in [-0.3, -0.25) is 4.79 Å². The largest absolute Gasteiger partial charge is 0.318 e. The number of nitrogens with zero attached hydrogens (tertiary/aromatic N) is 5. The van der Waals surface area contributed by atoms with E-state index in [1.54, 1.807) is 4.68 Å². The third kappa shape index (κ3) is 3.08. The highest BCUT2D eigenvalue weighted by molar-refractivity contribution is 5.75. The summed E-state index contributed by atoms with van der Waals surface area (Å²) in [5.74, 6) is 0.418. The van der Waals surface area contributed by atoms with Gasteiger partial charge in [0.15, 0.2) is 0 Å². The molecule has 0 aliphatic carbocycles. The van der Waals surface area contributed by atoms with Crippen molar-refractivity contribution in [2.45, 2.75) is 19.4 Å². The van der Waals surface area contributed by atoms with Crippen molar-refractivity contribution in [1.29, 1.82) is 0 Å². The summed E-state index contributed by atoms with van der Waals surface area (Å²) in [4.78, 5) is 12.6. The SMILES string of the molecule is CCc1ccc([C@H]2c3c(/C=C/c4ccccc4)n[nH]c(=O)c3Nc3nnnn32)cc1. The smallest absolute Gasteiger partial charge is 0.288 e. The van der Waals surface area contributed by atoms with Gasteiger partial charge in [-0.05, 0) is 39.6 Å². The van der Waals surface area contributed by atoms with Crippen LogP contribution in [0.15, 0.2) is 59.4 Å². The van der Waals surface area contributed by atoms with Crippen LogP contribution in [-0.2, 0) is 6.42 Å². The average Bonchev–Trinajstić information content (AvgIpc) is 3.27. The molecule has 2 N–H and O–H groups in total. The number of rotatable bonds is 4. The molecule has 30 heavy (non-hydrogen) atoms. The number of anilines is 2. The van der Waals surface area contributed by atoms with Crippen molar-refractivity contribution in [2.24, 2.45) is 0 Å². The number of benzene rings is 2. The standard InChI is InChI=1S/C22H19N7O/c1-2-14-8-11-16(12-9-14)20-18-17(13-10-15-6-4-3-5-7-15)24-25-21(30)19(18)23-22-26-27-28-29(20)22/h3-13,20H,2H2,1H3,(H,25,30)(H,23,26,28)/b13-10+/t20-/m0/s1. The molecule has 1 aliphatic rings. The first-order valence-corrected chi connectivity index (χ1v) is 9.74. The fraction of sp³-hybridized carbons (Fsp3) is 0.136. The van der Waals surface area contributed by atoms with Gasteiger partial charge < -0.3 is 5.32 Å². The molecular weight excluding hydrogens is 378 g/mol. The lowest BCUT2D eigenvalue weighted by atomic mass is 9.93. The number of fused-ring (bicyclic) bond motifs is 2. The first-order chi connectivity index (χ1) is 14.7. The van der Waals surface area contributed by atoms with E-state index in [0.29, 0.717) is 17.3 Å². The predicted octanol–water partition coefficient (Wildman–Crippen LogP) is 3.18. The number of H-pyrrole nitrogens is 1. The molecule has 0 unspecified atom stereocenters. The molecule has 3 heterocycles. The molecule has 0 fully saturated rings. The molecule has 1 aliphatic heterocycles. The fourth-order valence-electron chi connectivity index (χ4n) is 3.67. The number of hydrogen-bond acceptors (Lipinski definition) is 6. The van der Waals surface area contributed by atoms with Gasteiger partial charge in [0, 0.05) is 5.56 Å². The highest BCUT2D eigenvalue weighted by Crippen LogP contribution is 2.38. The number of aromatic amines is 1. The van der Waals surface area contributed by atoms with Crippen LogP contribution in [0.3, 0.4) is 0 Å². The average molecular weight is 397 g/mol. The minimum Gasteiger partial charge on any atom is -0.318 e. The van der Waals surface area contributed by atoms with E-state index in [1.807, 2.05) is 42.5 Å². The summed E-state index contributed by atoms with van der Waals surface area (Å²) < 4.78 is 1.68. The van der Waals surface area contributed by atoms with Gasteiger partial charge in [-0.15, -0.1) is 0 Å². The van der Waals surface area contributed by atoms with Gasteiger partial charge in [0.2, 0.25) is 5.95 Å². The molecule has 1 atom stereocenters. The molecule has 4 aromatic rings. The van der Waals surface area contributed by atoms with Crippen LogP contribution in [0.1, 0.15) is 40.9 Å². The third-order valence-corrected chi connectivity index (χ3v) is 5.23. The Bertz CT molecular complexity index is 1270. The van der Waals surface area contributed by atoms with E-state index in [1.165, 1.54) is 5.56 Å². The van der Waals surface area contributed by atoms with Crippen molar-refractivity contribution in [3.8, 4) is 0 Å². The maximum atomic E-state index is 12.6. The Kier molecular flexibility index (Phi) is 4.44. The molecule has 0 bridgehead atoms. The van der Waals surface area contributed by atoms with E-state index >= 15 is 0 Å². The zero-order valence-electron chi connectivity index (χ0n) is 16.3. The molecule has 0 saturated carbocycles. The zero-order valence-corrected chi connectivity index (χ0v) is 16.3. The first kappa shape index (κ1) is 18.0. The zero-order chi connectivity index (χ0) is 20.5. The Balaban J connectivity index is 1.69. The van der Waals surface area contributed by atoms with Gasteiger partial charge in [0.05, 0.1) is 5.69 Å². The molecule has 8 heteroatoms. The molecule has 0 spiro atoms. The molecule has 2 aromatic heterocycles. The molecule has 5 rings (SSSR count). The number of aromatic nitrogens is 6. The van der Waals surface area contributed by atoms with E-state index in [-0.39, 0.29) is 11.6 Å². The van der Waals surface area contributed by atoms with E-state index in [2.05, 4.69) is 62.2 Å². The van der Waals surface area contributed by atoms with Gasteiger partial charge in [0.25, 0.3) is 5.56 Å². The number of aryl methyl sites for hydroxylation is 1. The Morgan fingerprint density at radius 3 is 2.63 bits per heavy atom. The lowest BCUT2D eigenvalue weighted by Gasteiger charge is -2.27. The Morgan fingerprint density at radius 1 is 1.07 bits per heavy atom. The molecule has 0 saturated heterocycles. The number of hydrogen-bond donors (Lipinski definition) is 2. The van der Waals surface area contributed by atoms with Crippen molar-refractivity contribution < 1.29 is 0 Å². The van der Waals surface area contributed by atoms with Crippen LogP contribution in [0.25, 0.3) is 12.2 Å². The van der Waals surface area contributed by atoms with Crippen molar-refractivity contribution in [3.63, 3.8) is 0 Å². The summed E-state index contributed by atoms with van der Waals surface area (Å²) in [6.07, 6.45) is 4.81. The van der Waals surface area contributed by atoms with Crippen LogP contribution in [0.4, 0.5) is 11.6 Å². The molecule has 148 valence electrons. The summed E-state index contributed by atoms with van der Waals surface area (Å²) in [6, 6.07) is 17.8. The normalized spacial score (nSPS) is 14.9. The highest BCUT2D eigenvalue weighted by atomic mass is 16.1. The van der Waals surface area contributed by atoms with Crippen LogP contribution in [-0.4, -0.2) is 30.4 Å². The number of nitrogens with one attached hydrogen (secondary N) is 2. The third-order valence-electron chi connectivity index (χ3n) is 5.23. The van der Waals surface area contributed by atoms with E-state index in [4.69, 9.17) is 0 Å². The predicted molar refractivity (Wildman–Crippen MR) is 114 cm³/mol. The van der Waals surface area contributed by atoms with Crippen molar-refractivity contribution >= 4 is 23.8 Å². The first-order valence-electron chi connectivity index (χ1n) is 9.74. The summed E-state index contributed by atoms with van der Waals surface area (Å²) in [6.45, 7) is 2.12. The Morgan fingerprint density at radius 2 is 1.87 bits per heavy atom. The summed E-state index contributed by atoms with van der Waals surface area (Å²) >= 11 is 0. The minimum absolute atomic E-state index is 0.314. The topological polar surface area (TPSA) is 101 Å². The molecule has 8 nitrogen and oxygen atoms in total. The quantitative estimate of drug-likeness (QED) is 0.483. The monoisotopic (exact) mass is 397 g/mol. The lowest BCUT2D eigenvalue weighted by Crippen LogP contribution is -2.29. The van der Waals surface area contributed by atoms with Crippen LogP contribution >= 0.6 is 0 Å². The molecule has 2 aromatic carbocycles. The number of tetrazole rings is 1. The minimum atomic E-state index is -0.373. The van der Waals surface area contributed by atoms with Crippen LogP contribution < -0.4 is 10.9 Å². The van der Waals surface area contributed by atoms with Gasteiger partial charge >= 0.3 is 0 Å². The molecule has 0 radical (unpaired) electrons. The van der Waals surface area contributed by atoms with Gasteiger partial charge in [-0.25, -0.2) is 5.10 Å². The Hall–Kier alpha value is -4.07. The van der Waals surface area contributed by atoms with Crippen molar-refractivity contribution in [3.05, 3.63) is 92.9 Å². The highest BCUT2D eigenvalue weighted by Gasteiger charge is 2.33. The molecular formula is C22H19N7O. The maximum Gasteiger partial charge on any atom is 0.288 e. The van der Waals surface area contributed by atoms with Crippen LogP contribution in [0, 0.1) is 0 Å². The summed E-state index contributed by atoms with van der Waals surface area (Å²) in [5, 5.41) is 22.0. The van der Waals surface area contributed by atoms with Crippen molar-refractivity contribution in [1.82, 2.24) is 30.4 Å². The van der Waals surface area contributed by atoms with E-state index in [0.717, 1.165) is 23.1 Å². The summed E-state index contributed by atoms with van der Waals surface area (Å²) in [5.41, 5.74) is 4.72. The van der Waals surface area contributed by atoms with Gasteiger partial charge in [-0.1, -0.05) is 72.7 Å². The lowest BCUT2D eigenvalue weighted by molar-refractivity contribution is 0.565. The van der Waals surface area contributed by atoms with E-state index < -0.39 is 0 Å². The van der Waals surface area contributed by atoms with Gasteiger partial charge in [0.1, 0.15) is 11.7 Å². The van der Waals surface area contributed by atoms with Crippen LogP contribution in [0.5, 0.6) is 0 Å². The molecule has 0 amide bonds. The second kappa shape index (κ2) is 7.40. The van der Waals surface area contributed by atoms with Crippen LogP contribution in [0.2, 0.25) is 0 Å². The van der Waals surface area contributed by atoms with Crippen molar-refractivity contribution in [2.75, 3.05) is 5.32 Å². The Labute approximate surface area is 172 Å². The maximum absolute atomic E-state index is 12.6. The van der Waals surface area contributed by atoms with E-state index in [9.17, 15) is 4.79 Å². The fourth-order valence-corrected chi connectivity index (χ4v) is 3.67. The second-order valence-electron chi connectivity index (χ2n) is 7.04.